The van der Waals surface area contributed by atoms with E-state index in [1.54, 1.807) is 13.8 Å². The Kier molecular flexibility index (Phi) is 8.07. The van der Waals surface area contributed by atoms with E-state index >= 15 is 0 Å². The zero-order valence-electron chi connectivity index (χ0n) is 8.21. The summed E-state index contributed by atoms with van der Waals surface area (Å²) in [6.45, 7) is 6.68. The fourth-order valence-electron chi connectivity index (χ4n) is 0.462. The molecule has 0 aromatic carbocycles. The molecule has 0 bridgehead atoms. The minimum Gasteiger partial charge on any atom is -0.409 e. The van der Waals surface area contributed by atoms with Crippen molar-refractivity contribution >= 4 is 16.0 Å². The summed E-state index contributed by atoms with van der Waals surface area (Å²) < 4.78 is 28.2. The highest BCUT2D eigenvalue weighted by atomic mass is 32.2. The van der Waals surface area contributed by atoms with Crippen molar-refractivity contribution in [2.24, 2.45) is 16.8 Å². The SMILES string of the molecule is C=CC(N)=NO.CC(C)CS(=O)(=O)O. The third-order valence-electron chi connectivity index (χ3n) is 0.869. The Morgan fingerprint density at radius 3 is 2.07 bits per heavy atom. The first kappa shape index (κ1) is 15.4. The highest BCUT2D eigenvalue weighted by Crippen LogP contribution is 1.95. The van der Waals surface area contributed by atoms with Gasteiger partial charge in [0.1, 0.15) is 0 Å². The molecule has 0 unspecified atom stereocenters. The molecule has 0 atom stereocenters. The van der Waals surface area contributed by atoms with Gasteiger partial charge < -0.3 is 10.9 Å². The fraction of sp³-hybridized carbons (Fsp3) is 0.571. The molecule has 0 rings (SSSR count). The molecule has 0 radical (unpaired) electrons. The molecule has 4 N–H and O–H groups in total. The summed E-state index contributed by atoms with van der Waals surface area (Å²) in [7, 11) is -3.72. The number of amidine groups is 1. The Bertz CT molecular complexity index is 282. The maximum atomic E-state index is 10.00. The van der Waals surface area contributed by atoms with Crippen molar-refractivity contribution in [3.63, 3.8) is 0 Å². The van der Waals surface area contributed by atoms with Crippen LogP contribution >= 0.6 is 0 Å². The van der Waals surface area contributed by atoms with Crippen molar-refractivity contribution in [2.45, 2.75) is 13.8 Å². The number of rotatable bonds is 3. The Morgan fingerprint density at radius 2 is 2.07 bits per heavy atom. The van der Waals surface area contributed by atoms with E-state index < -0.39 is 10.1 Å². The lowest BCUT2D eigenvalue weighted by Crippen LogP contribution is -2.09. The molecule has 0 aromatic heterocycles. The van der Waals surface area contributed by atoms with E-state index in [2.05, 4.69) is 11.7 Å². The van der Waals surface area contributed by atoms with Crippen molar-refractivity contribution < 1.29 is 18.2 Å². The molecule has 0 aliphatic carbocycles. The summed E-state index contributed by atoms with van der Waals surface area (Å²) in [5.41, 5.74) is 4.85. The molecule has 0 spiro atoms. The quantitative estimate of drug-likeness (QED) is 0.212. The van der Waals surface area contributed by atoms with E-state index in [0.29, 0.717) is 0 Å². The third-order valence-corrected chi connectivity index (χ3v) is 1.96. The molecular weight excluding hydrogens is 208 g/mol. The summed E-state index contributed by atoms with van der Waals surface area (Å²) in [6, 6.07) is 0. The van der Waals surface area contributed by atoms with Crippen molar-refractivity contribution in [1.29, 1.82) is 0 Å². The summed E-state index contributed by atoms with van der Waals surface area (Å²) in [4.78, 5) is 0. The van der Waals surface area contributed by atoms with E-state index in [1.807, 2.05) is 0 Å². The van der Waals surface area contributed by atoms with Crippen molar-refractivity contribution in [1.82, 2.24) is 0 Å². The lowest BCUT2D eigenvalue weighted by atomic mass is 10.3. The smallest absolute Gasteiger partial charge is 0.265 e. The van der Waals surface area contributed by atoms with E-state index in [-0.39, 0.29) is 17.5 Å². The third kappa shape index (κ3) is 17.1. The minimum absolute atomic E-state index is 0.00463. The predicted octanol–water partition coefficient (Wildman–Crippen LogP) is 0.449. The number of nitrogens with two attached hydrogens (primary N) is 1. The maximum Gasteiger partial charge on any atom is 0.265 e. The summed E-state index contributed by atoms with van der Waals surface area (Å²) in [5, 5.41) is 10.3. The van der Waals surface area contributed by atoms with E-state index in [1.165, 1.54) is 6.08 Å². The average Bonchev–Trinajstić information content (AvgIpc) is 1.99. The second kappa shape index (κ2) is 7.34. The molecule has 0 heterocycles. The highest BCUT2D eigenvalue weighted by Gasteiger charge is 2.05. The number of oxime groups is 1. The maximum absolute atomic E-state index is 10.00. The van der Waals surface area contributed by atoms with Gasteiger partial charge in [-0.15, -0.1) is 0 Å². The molecule has 0 aliphatic rings. The van der Waals surface area contributed by atoms with Gasteiger partial charge in [0.15, 0.2) is 5.84 Å². The van der Waals surface area contributed by atoms with Gasteiger partial charge >= 0.3 is 0 Å². The van der Waals surface area contributed by atoms with E-state index in [0.717, 1.165) is 0 Å². The predicted molar refractivity (Wildman–Crippen MR) is 54.9 cm³/mol. The zero-order chi connectivity index (χ0) is 11.8. The molecule has 84 valence electrons. The van der Waals surface area contributed by atoms with Crippen LogP contribution in [0.4, 0.5) is 0 Å². The molecular formula is C7H16N2O4S. The summed E-state index contributed by atoms with van der Waals surface area (Å²) >= 11 is 0. The fourth-order valence-corrected chi connectivity index (χ4v) is 1.30. The molecule has 0 aliphatic heterocycles. The highest BCUT2D eigenvalue weighted by molar-refractivity contribution is 7.85. The lowest BCUT2D eigenvalue weighted by Gasteiger charge is -1.97. The Hall–Kier alpha value is -1.08. The van der Waals surface area contributed by atoms with Gasteiger partial charge in [-0.25, -0.2) is 0 Å². The largest absolute Gasteiger partial charge is 0.409 e. The first-order valence-electron chi connectivity index (χ1n) is 3.78. The molecule has 0 saturated carbocycles. The van der Waals surface area contributed by atoms with E-state index in [9.17, 15) is 8.42 Å². The average molecular weight is 224 g/mol. The van der Waals surface area contributed by atoms with Gasteiger partial charge in [0.05, 0.1) is 5.75 Å². The molecule has 0 amide bonds. The van der Waals surface area contributed by atoms with Crippen LogP contribution in [0, 0.1) is 5.92 Å². The molecule has 0 fully saturated rings. The normalized spacial score (nSPS) is 11.9. The number of nitrogens with zero attached hydrogens (tertiary/aromatic N) is 1. The molecule has 0 saturated heterocycles. The van der Waals surface area contributed by atoms with E-state index in [4.69, 9.17) is 15.5 Å². The monoisotopic (exact) mass is 224 g/mol. The van der Waals surface area contributed by atoms with Gasteiger partial charge in [0, 0.05) is 0 Å². The van der Waals surface area contributed by atoms with Crippen LogP contribution in [0.25, 0.3) is 0 Å². The van der Waals surface area contributed by atoms with Gasteiger partial charge in [-0.1, -0.05) is 25.6 Å². The molecule has 7 heteroatoms. The first-order chi connectivity index (χ1) is 6.22. The summed E-state index contributed by atoms with van der Waals surface area (Å²) in [5.74, 6) is -0.104. The van der Waals surface area contributed by atoms with Crippen LogP contribution in [-0.2, 0) is 10.1 Å². The van der Waals surface area contributed by atoms with Crippen LogP contribution in [0.2, 0.25) is 0 Å². The Balaban J connectivity index is 0. The van der Waals surface area contributed by atoms with Crippen LogP contribution in [0.15, 0.2) is 17.8 Å². The van der Waals surface area contributed by atoms with Crippen LogP contribution in [0.1, 0.15) is 13.8 Å². The van der Waals surface area contributed by atoms with Gasteiger partial charge in [-0.3, -0.25) is 4.55 Å². The van der Waals surface area contributed by atoms with Crippen molar-refractivity contribution in [3.05, 3.63) is 12.7 Å². The van der Waals surface area contributed by atoms with Gasteiger partial charge in [-0.2, -0.15) is 8.42 Å². The minimum atomic E-state index is -3.72. The van der Waals surface area contributed by atoms with Gasteiger partial charge in [0.25, 0.3) is 10.1 Å². The molecule has 0 aromatic rings. The van der Waals surface area contributed by atoms with Gasteiger partial charge in [-0.05, 0) is 12.0 Å². The Labute approximate surface area is 83.9 Å². The topological polar surface area (TPSA) is 113 Å². The van der Waals surface area contributed by atoms with Crippen LogP contribution in [0.5, 0.6) is 0 Å². The van der Waals surface area contributed by atoms with Crippen LogP contribution in [-0.4, -0.2) is 29.8 Å². The van der Waals surface area contributed by atoms with Crippen LogP contribution < -0.4 is 5.73 Å². The molecule has 14 heavy (non-hydrogen) atoms. The van der Waals surface area contributed by atoms with Crippen molar-refractivity contribution in [2.75, 3.05) is 5.75 Å². The second-order valence-electron chi connectivity index (χ2n) is 2.87. The molecule has 6 nitrogen and oxygen atoms in total. The number of hydrogen-bond donors (Lipinski definition) is 3. The van der Waals surface area contributed by atoms with Crippen LogP contribution in [0.3, 0.4) is 0 Å². The van der Waals surface area contributed by atoms with Gasteiger partial charge in [0.2, 0.25) is 0 Å². The summed E-state index contributed by atoms with van der Waals surface area (Å²) in [6.07, 6.45) is 1.25. The lowest BCUT2D eigenvalue weighted by molar-refractivity contribution is 0.319. The zero-order valence-corrected chi connectivity index (χ0v) is 9.03. The Morgan fingerprint density at radius 1 is 1.64 bits per heavy atom. The first-order valence-corrected chi connectivity index (χ1v) is 5.39. The van der Waals surface area contributed by atoms with Crippen molar-refractivity contribution in [3.8, 4) is 0 Å². The number of hydrogen-bond acceptors (Lipinski definition) is 4. The second-order valence-corrected chi connectivity index (χ2v) is 4.37. The standard InChI is InChI=1S/C4H10O3S.C3H6N2O/c1-4(2)3-8(5,6)7;1-2-3(4)5-6/h4H,3H2,1-2H3,(H,5,6,7);2,6H,1H2,(H2,4,5).